The molecule has 7 heteroatoms. The molecule has 0 saturated carbocycles. The van der Waals surface area contributed by atoms with Crippen LogP contribution in [0.25, 0.3) is 22.2 Å². The van der Waals surface area contributed by atoms with Crippen LogP contribution in [0, 0.1) is 5.82 Å². The first-order chi connectivity index (χ1) is 14.0. The van der Waals surface area contributed by atoms with E-state index < -0.39 is 0 Å². The fourth-order valence-electron chi connectivity index (χ4n) is 4.02. The SMILES string of the molecule is CCn1cc(-c2cc(C(=O)N3CCCN(C)C[C@@H]3C)c3cc(F)ccc3n2)cn1. The van der Waals surface area contributed by atoms with Gasteiger partial charge in [-0.05, 0) is 58.1 Å². The Hall–Kier alpha value is -2.80. The van der Waals surface area contributed by atoms with E-state index in [1.165, 1.54) is 12.1 Å². The first-order valence-corrected chi connectivity index (χ1v) is 10.1. The molecule has 0 spiro atoms. The Balaban J connectivity index is 1.82. The highest BCUT2D eigenvalue weighted by molar-refractivity contribution is 6.07. The lowest BCUT2D eigenvalue weighted by molar-refractivity contribution is 0.0698. The summed E-state index contributed by atoms with van der Waals surface area (Å²) in [4.78, 5) is 22.4. The highest BCUT2D eigenvalue weighted by atomic mass is 19.1. The average molecular weight is 395 g/mol. The number of carbonyl (C=O) groups is 1. The Morgan fingerprint density at radius 3 is 2.86 bits per heavy atom. The molecule has 6 nitrogen and oxygen atoms in total. The summed E-state index contributed by atoms with van der Waals surface area (Å²) < 4.78 is 15.8. The topological polar surface area (TPSA) is 54.3 Å². The number of hydrogen-bond acceptors (Lipinski definition) is 4. The molecule has 152 valence electrons. The van der Waals surface area contributed by atoms with Crippen molar-refractivity contribution < 1.29 is 9.18 Å². The molecular weight excluding hydrogens is 369 g/mol. The van der Waals surface area contributed by atoms with Crippen LogP contribution < -0.4 is 0 Å². The summed E-state index contributed by atoms with van der Waals surface area (Å²) in [5.74, 6) is -0.446. The minimum absolute atomic E-state index is 0.0741. The molecule has 0 N–H and O–H groups in total. The quantitative estimate of drug-likeness (QED) is 0.682. The molecule has 1 aliphatic heterocycles. The van der Waals surface area contributed by atoms with E-state index in [9.17, 15) is 9.18 Å². The number of rotatable bonds is 3. The van der Waals surface area contributed by atoms with Crippen LogP contribution in [-0.4, -0.2) is 63.2 Å². The minimum atomic E-state index is -0.372. The number of halogens is 1. The summed E-state index contributed by atoms with van der Waals surface area (Å²) in [6.07, 6.45) is 4.58. The molecule has 1 atom stereocenters. The van der Waals surface area contributed by atoms with E-state index in [0.29, 0.717) is 28.7 Å². The van der Waals surface area contributed by atoms with E-state index in [4.69, 9.17) is 0 Å². The van der Waals surface area contributed by atoms with Crippen LogP contribution in [-0.2, 0) is 6.54 Å². The third-order valence-electron chi connectivity index (χ3n) is 5.56. The highest BCUT2D eigenvalue weighted by Gasteiger charge is 2.27. The predicted molar refractivity (Wildman–Crippen MR) is 111 cm³/mol. The van der Waals surface area contributed by atoms with E-state index in [2.05, 4.69) is 29.0 Å². The molecule has 1 aromatic carbocycles. The molecule has 1 saturated heterocycles. The molecule has 2 aromatic heterocycles. The molecule has 4 rings (SSSR count). The summed E-state index contributed by atoms with van der Waals surface area (Å²) in [6, 6.07) is 6.28. The molecule has 1 amide bonds. The van der Waals surface area contributed by atoms with Crippen molar-refractivity contribution in [2.45, 2.75) is 32.9 Å². The molecule has 0 radical (unpaired) electrons. The van der Waals surface area contributed by atoms with Crippen LogP contribution in [0.5, 0.6) is 0 Å². The van der Waals surface area contributed by atoms with Gasteiger partial charge in [0.25, 0.3) is 5.91 Å². The molecule has 1 fully saturated rings. The van der Waals surface area contributed by atoms with Crippen LogP contribution in [0.4, 0.5) is 4.39 Å². The zero-order valence-electron chi connectivity index (χ0n) is 17.1. The van der Waals surface area contributed by atoms with Gasteiger partial charge in [0.2, 0.25) is 0 Å². The number of fused-ring (bicyclic) bond motifs is 1. The maximum absolute atomic E-state index is 14.0. The van der Waals surface area contributed by atoms with Gasteiger partial charge in [-0.2, -0.15) is 5.10 Å². The monoisotopic (exact) mass is 395 g/mol. The second-order valence-electron chi connectivity index (χ2n) is 7.76. The maximum Gasteiger partial charge on any atom is 0.254 e. The van der Waals surface area contributed by atoms with Gasteiger partial charge in [-0.1, -0.05) is 0 Å². The number of likely N-dealkylation sites (N-methyl/N-ethyl adjacent to an activating group) is 1. The van der Waals surface area contributed by atoms with Crippen molar-refractivity contribution in [3.63, 3.8) is 0 Å². The smallest absolute Gasteiger partial charge is 0.254 e. The fraction of sp³-hybridized carbons (Fsp3) is 0.409. The number of amides is 1. The third-order valence-corrected chi connectivity index (χ3v) is 5.56. The second-order valence-corrected chi connectivity index (χ2v) is 7.76. The van der Waals surface area contributed by atoms with E-state index in [1.807, 2.05) is 22.7 Å². The molecule has 3 heterocycles. The maximum atomic E-state index is 14.0. The molecule has 1 aliphatic rings. The summed E-state index contributed by atoms with van der Waals surface area (Å²) in [6.45, 7) is 7.30. The standard InChI is InChI=1S/C22H26FN5O/c1-4-27-14-16(12-24-27)21-11-19(18-10-17(23)6-7-20(18)25-21)22(29)28-9-5-8-26(3)13-15(28)2/h6-7,10-12,14-15H,4-5,8-9,13H2,1-3H3/t15-/m0/s1. The lowest BCUT2D eigenvalue weighted by atomic mass is 10.0. The third kappa shape index (κ3) is 3.87. The number of carbonyl (C=O) groups excluding carboxylic acids is 1. The normalized spacial score (nSPS) is 18.2. The average Bonchev–Trinajstić information content (AvgIpc) is 3.12. The van der Waals surface area contributed by atoms with Crippen LogP contribution in [0.15, 0.2) is 36.7 Å². The van der Waals surface area contributed by atoms with Crippen molar-refractivity contribution in [3.8, 4) is 11.3 Å². The molecule has 0 aliphatic carbocycles. The van der Waals surface area contributed by atoms with Crippen molar-refractivity contribution in [2.75, 3.05) is 26.7 Å². The number of pyridine rings is 1. The molecule has 29 heavy (non-hydrogen) atoms. The van der Waals surface area contributed by atoms with Crippen LogP contribution in [0.3, 0.4) is 0 Å². The first-order valence-electron chi connectivity index (χ1n) is 10.1. The number of benzene rings is 1. The van der Waals surface area contributed by atoms with Gasteiger partial charge in [0.05, 0.1) is 23.0 Å². The van der Waals surface area contributed by atoms with Crippen LogP contribution >= 0.6 is 0 Å². The van der Waals surface area contributed by atoms with Gasteiger partial charge < -0.3 is 9.80 Å². The molecule has 0 bridgehead atoms. The Morgan fingerprint density at radius 2 is 2.10 bits per heavy atom. The minimum Gasteiger partial charge on any atom is -0.335 e. The molecule has 0 unspecified atom stereocenters. The first kappa shape index (κ1) is 19.5. The van der Waals surface area contributed by atoms with Gasteiger partial charge >= 0.3 is 0 Å². The Morgan fingerprint density at radius 1 is 1.28 bits per heavy atom. The lowest BCUT2D eigenvalue weighted by Gasteiger charge is -2.28. The zero-order chi connectivity index (χ0) is 20.5. The van der Waals surface area contributed by atoms with Gasteiger partial charge in [-0.3, -0.25) is 9.48 Å². The number of nitrogens with zero attached hydrogens (tertiary/aromatic N) is 5. The van der Waals surface area contributed by atoms with Gasteiger partial charge in [-0.25, -0.2) is 9.37 Å². The van der Waals surface area contributed by atoms with E-state index >= 15 is 0 Å². The van der Waals surface area contributed by atoms with Crippen LogP contribution in [0.1, 0.15) is 30.6 Å². The summed E-state index contributed by atoms with van der Waals surface area (Å²) in [7, 11) is 2.07. The fourth-order valence-corrected chi connectivity index (χ4v) is 4.02. The van der Waals surface area contributed by atoms with Gasteiger partial charge in [0.1, 0.15) is 5.82 Å². The number of hydrogen-bond donors (Lipinski definition) is 0. The Labute approximate surface area is 169 Å². The van der Waals surface area contributed by atoms with E-state index in [-0.39, 0.29) is 17.8 Å². The van der Waals surface area contributed by atoms with Gasteiger partial charge in [0, 0.05) is 42.8 Å². The zero-order valence-corrected chi connectivity index (χ0v) is 17.1. The summed E-state index contributed by atoms with van der Waals surface area (Å²) in [5, 5.41) is 4.87. The van der Waals surface area contributed by atoms with Gasteiger partial charge in [0.15, 0.2) is 0 Å². The van der Waals surface area contributed by atoms with E-state index in [1.54, 1.807) is 18.3 Å². The Kier molecular flexibility index (Phi) is 5.32. The van der Waals surface area contributed by atoms with Crippen molar-refractivity contribution >= 4 is 16.8 Å². The highest BCUT2D eigenvalue weighted by Crippen LogP contribution is 2.27. The second kappa shape index (κ2) is 7.91. The Bertz CT molecular complexity index is 1050. The molecule has 3 aromatic rings. The number of aryl methyl sites for hydroxylation is 1. The van der Waals surface area contributed by atoms with Crippen molar-refractivity contribution in [1.82, 2.24) is 24.6 Å². The largest absolute Gasteiger partial charge is 0.335 e. The number of aromatic nitrogens is 3. The van der Waals surface area contributed by atoms with Crippen molar-refractivity contribution in [1.29, 1.82) is 0 Å². The van der Waals surface area contributed by atoms with Crippen molar-refractivity contribution in [3.05, 3.63) is 48.0 Å². The van der Waals surface area contributed by atoms with Crippen molar-refractivity contribution in [2.24, 2.45) is 0 Å². The summed E-state index contributed by atoms with van der Waals surface area (Å²) >= 11 is 0. The van der Waals surface area contributed by atoms with Gasteiger partial charge in [-0.15, -0.1) is 0 Å². The van der Waals surface area contributed by atoms with Crippen LogP contribution in [0.2, 0.25) is 0 Å². The summed E-state index contributed by atoms with van der Waals surface area (Å²) in [5.41, 5.74) is 2.61. The molecular formula is C22H26FN5O. The predicted octanol–water partition coefficient (Wildman–Crippen LogP) is 3.42. The lowest BCUT2D eigenvalue weighted by Crippen LogP contribution is -2.42. The van der Waals surface area contributed by atoms with E-state index in [0.717, 1.165) is 31.6 Å².